The van der Waals surface area contributed by atoms with Crippen molar-refractivity contribution in [2.45, 2.75) is 38.3 Å². The van der Waals surface area contributed by atoms with Crippen molar-refractivity contribution in [3.05, 3.63) is 0 Å². The molecule has 1 spiro atoms. The molecule has 2 fully saturated rings. The Bertz CT molecular complexity index is 209. The van der Waals surface area contributed by atoms with E-state index in [1.54, 1.807) is 0 Å². The lowest BCUT2D eigenvalue weighted by Gasteiger charge is -2.38. The normalized spacial score (nSPS) is 26.9. The van der Waals surface area contributed by atoms with E-state index < -0.39 is 0 Å². The molecule has 1 saturated carbocycles. The van der Waals surface area contributed by atoms with Crippen LogP contribution in [-0.2, 0) is 9.53 Å². The molecule has 0 atom stereocenters. The number of ether oxygens (including phenoxy) is 1. The third kappa shape index (κ3) is 1.04. The van der Waals surface area contributed by atoms with E-state index in [-0.39, 0.29) is 18.1 Å². The van der Waals surface area contributed by atoms with E-state index in [1.807, 2.05) is 4.90 Å². The molecule has 2 aliphatic rings. The minimum Gasteiger partial charge on any atom is -0.369 e. The summed E-state index contributed by atoms with van der Waals surface area (Å²) < 4.78 is 5.25. The predicted octanol–water partition coefficient (Wildman–Crippen LogP) is 0.786. The summed E-state index contributed by atoms with van der Waals surface area (Å²) in [7, 11) is 0. The van der Waals surface area contributed by atoms with Crippen molar-refractivity contribution < 1.29 is 9.53 Å². The van der Waals surface area contributed by atoms with Crippen LogP contribution in [0.5, 0.6) is 0 Å². The van der Waals surface area contributed by atoms with Gasteiger partial charge in [0.15, 0.2) is 0 Å². The van der Waals surface area contributed by atoms with Gasteiger partial charge in [0.1, 0.15) is 6.61 Å². The summed E-state index contributed by atoms with van der Waals surface area (Å²) >= 11 is 0. The van der Waals surface area contributed by atoms with Crippen LogP contribution >= 0.6 is 0 Å². The summed E-state index contributed by atoms with van der Waals surface area (Å²) in [6, 6.07) is 0.323. The number of carbonyl (C=O) groups is 1. The lowest BCUT2D eigenvalue weighted by atomic mass is 10.1. The van der Waals surface area contributed by atoms with Gasteiger partial charge in [-0.25, -0.2) is 0 Å². The average molecular weight is 169 g/mol. The van der Waals surface area contributed by atoms with Gasteiger partial charge in [0, 0.05) is 6.04 Å². The third-order valence-electron chi connectivity index (χ3n) is 2.72. The Kier molecular flexibility index (Phi) is 1.65. The van der Waals surface area contributed by atoms with Crippen LogP contribution in [0.25, 0.3) is 0 Å². The zero-order chi connectivity index (χ0) is 8.77. The molecular weight excluding hydrogens is 154 g/mol. The molecule has 0 radical (unpaired) electrons. The van der Waals surface area contributed by atoms with Gasteiger partial charge < -0.3 is 9.64 Å². The van der Waals surface area contributed by atoms with Crippen molar-refractivity contribution in [1.29, 1.82) is 0 Å². The van der Waals surface area contributed by atoms with E-state index >= 15 is 0 Å². The molecule has 0 aromatic rings. The Morgan fingerprint density at radius 2 is 2.17 bits per heavy atom. The van der Waals surface area contributed by atoms with Crippen LogP contribution in [0.4, 0.5) is 0 Å². The number of rotatable bonds is 1. The van der Waals surface area contributed by atoms with Crippen LogP contribution in [0.3, 0.4) is 0 Å². The molecular formula is C9H15NO2. The number of hydrogen-bond donors (Lipinski definition) is 0. The van der Waals surface area contributed by atoms with E-state index in [1.165, 1.54) is 0 Å². The summed E-state index contributed by atoms with van der Waals surface area (Å²) in [5.41, 5.74) is 0.101. The molecule has 1 saturated heterocycles. The molecule has 3 heteroatoms. The van der Waals surface area contributed by atoms with Crippen molar-refractivity contribution in [2.75, 3.05) is 13.2 Å². The van der Waals surface area contributed by atoms with Gasteiger partial charge in [0.05, 0.1) is 12.1 Å². The zero-order valence-electron chi connectivity index (χ0n) is 7.67. The molecule has 1 amide bonds. The SMILES string of the molecule is CC(C)N1C(=O)COCC12CC2. The molecule has 1 aliphatic carbocycles. The smallest absolute Gasteiger partial charge is 0.249 e. The molecule has 0 aromatic heterocycles. The summed E-state index contributed by atoms with van der Waals surface area (Å²) in [4.78, 5) is 13.5. The van der Waals surface area contributed by atoms with Crippen molar-refractivity contribution in [2.24, 2.45) is 0 Å². The number of morpholine rings is 1. The Balaban J connectivity index is 2.18. The molecule has 1 aliphatic heterocycles. The fourth-order valence-electron chi connectivity index (χ4n) is 2.10. The molecule has 1 heterocycles. The maximum absolute atomic E-state index is 11.5. The van der Waals surface area contributed by atoms with Gasteiger partial charge in [-0.15, -0.1) is 0 Å². The van der Waals surface area contributed by atoms with Crippen LogP contribution in [0.15, 0.2) is 0 Å². The maximum atomic E-state index is 11.5. The highest BCUT2D eigenvalue weighted by molar-refractivity contribution is 5.80. The molecule has 68 valence electrons. The van der Waals surface area contributed by atoms with Crippen LogP contribution in [-0.4, -0.2) is 35.6 Å². The van der Waals surface area contributed by atoms with E-state index in [9.17, 15) is 4.79 Å². The monoisotopic (exact) mass is 169 g/mol. The highest BCUT2D eigenvalue weighted by atomic mass is 16.5. The first-order valence-corrected chi connectivity index (χ1v) is 4.56. The molecule has 0 aromatic carbocycles. The molecule has 2 rings (SSSR count). The highest BCUT2D eigenvalue weighted by Gasteiger charge is 2.53. The van der Waals surface area contributed by atoms with E-state index in [0.29, 0.717) is 6.04 Å². The standard InChI is InChI=1S/C9H15NO2/c1-7(2)10-8(11)5-12-6-9(10)3-4-9/h7H,3-6H2,1-2H3. The number of carbonyl (C=O) groups excluding carboxylic acids is 1. The van der Waals surface area contributed by atoms with Crippen molar-refractivity contribution in [3.63, 3.8) is 0 Å². The lowest BCUT2D eigenvalue weighted by Crippen LogP contribution is -2.54. The van der Waals surface area contributed by atoms with Gasteiger partial charge >= 0.3 is 0 Å². The highest BCUT2D eigenvalue weighted by Crippen LogP contribution is 2.44. The molecule has 3 nitrogen and oxygen atoms in total. The lowest BCUT2D eigenvalue weighted by molar-refractivity contribution is -0.153. The van der Waals surface area contributed by atoms with Crippen LogP contribution < -0.4 is 0 Å². The summed E-state index contributed by atoms with van der Waals surface area (Å²) in [6.45, 7) is 5.17. The zero-order valence-corrected chi connectivity index (χ0v) is 7.67. The van der Waals surface area contributed by atoms with Crippen LogP contribution in [0, 0.1) is 0 Å². The third-order valence-corrected chi connectivity index (χ3v) is 2.72. The van der Waals surface area contributed by atoms with Gasteiger partial charge in [-0.3, -0.25) is 4.79 Å². The summed E-state index contributed by atoms with van der Waals surface area (Å²) in [6.07, 6.45) is 2.24. The Labute approximate surface area is 72.7 Å². The second-order valence-electron chi connectivity index (χ2n) is 4.07. The van der Waals surface area contributed by atoms with Crippen LogP contribution in [0.2, 0.25) is 0 Å². The molecule has 0 bridgehead atoms. The van der Waals surface area contributed by atoms with Crippen LogP contribution in [0.1, 0.15) is 26.7 Å². The first kappa shape index (κ1) is 8.05. The first-order valence-electron chi connectivity index (χ1n) is 4.56. The fourth-order valence-corrected chi connectivity index (χ4v) is 2.10. The van der Waals surface area contributed by atoms with E-state index in [2.05, 4.69) is 13.8 Å². The second-order valence-corrected chi connectivity index (χ2v) is 4.07. The fraction of sp³-hybridized carbons (Fsp3) is 0.889. The number of nitrogens with zero attached hydrogens (tertiary/aromatic N) is 1. The number of hydrogen-bond acceptors (Lipinski definition) is 2. The Morgan fingerprint density at radius 1 is 1.50 bits per heavy atom. The van der Waals surface area contributed by atoms with Gasteiger partial charge in [0.2, 0.25) is 5.91 Å². The van der Waals surface area contributed by atoms with Crippen molar-refractivity contribution >= 4 is 5.91 Å². The van der Waals surface area contributed by atoms with Gasteiger partial charge in [-0.05, 0) is 26.7 Å². The molecule has 12 heavy (non-hydrogen) atoms. The summed E-state index contributed by atoms with van der Waals surface area (Å²) in [5, 5.41) is 0. The Morgan fingerprint density at radius 3 is 2.58 bits per heavy atom. The first-order chi connectivity index (χ1) is 5.66. The van der Waals surface area contributed by atoms with Gasteiger partial charge in [0.25, 0.3) is 0 Å². The number of amides is 1. The van der Waals surface area contributed by atoms with Crippen molar-refractivity contribution in [1.82, 2.24) is 4.90 Å². The van der Waals surface area contributed by atoms with E-state index in [0.717, 1.165) is 19.4 Å². The topological polar surface area (TPSA) is 29.5 Å². The van der Waals surface area contributed by atoms with Gasteiger partial charge in [-0.2, -0.15) is 0 Å². The summed E-state index contributed by atoms with van der Waals surface area (Å²) in [5.74, 6) is 0.161. The molecule has 0 unspecified atom stereocenters. The largest absolute Gasteiger partial charge is 0.369 e. The average Bonchev–Trinajstić information content (AvgIpc) is 2.68. The quantitative estimate of drug-likeness (QED) is 0.580. The van der Waals surface area contributed by atoms with E-state index in [4.69, 9.17) is 4.74 Å². The predicted molar refractivity (Wildman–Crippen MR) is 44.8 cm³/mol. The van der Waals surface area contributed by atoms with Gasteiger partial charge in [-0.1, -0.05) is 0 Å². The minimum absolute atomic E-state index is 0.101. The molecule has 0 N–H and O–H groups in total. The van der Waals surface area contributed by atoms with Crippen molar-refractivity contribution in [3.8, 4) is 0 Å². The minimum atomic E-state index is 0.101. The maximum Gasteiger partial charge on any atom is 0.249 e. The second kappa shape index (κ2) is 2.46. The Hall–Kier alpha value is -0.570.